The highest BCUT2D eigenvalue weighted by Gasteiger charge is 2.39. The van der Waals surface area contributed by atoms with Gasteiger partial charge in [0, 0.05) is 10.4 Å². The molecule has 4 rings (SSSR count). The van der Waals surface area contributed by atoms with E-state index in [0.717, 1.165) is 22.1 Å². The molecule has 2 N–H and O–H groups in total. The molecule has 2 aliphatic rings. The normalized spacial score (nSPS) is 24.7. The van der Waals surface area contributed by atoms with Crippen molar-refractivity contribution in [3.8, 4) is 0 Å². The maximum atomic E-state index is 11.6. The summed E-state index contributed by atoms with van der Waals surface area (Å²) in [6, 6.07) is 14.0. The highest BCUT2D eigenvalue weighted by Crippen LogP contribution is 2.50. The lowest BCUT2D eigenvalue weighted by molar-refractivity contribution is 0.0697. The Bertz CT molecular complexity index is 798. The summed E-state index contributed by atoms with van der Waals surface area (Å²) >= 11 is 3.47. The summed E-state index contributed by atoms with van der Waals surface area (Å²) in [7, 11) is 0. The molecular weight excluding hydrogens is 354 g/mol. The van der Waals surface area contributed by atoms with Gasteiger partial charge in [-0.15, -0.1) is 0 Å². The molecule has 4 heteroatoms. The summed E-state index contributed by atoms with van der Waals surface area (Å²) in [6.45, 7) is 0. The fourth-order valence-corrected chi connectivity index (χ4v) is 4.06. The minimum atomic E-state index is -0.885. The number of hydrogen-bond acceptors (Lipinski definition) is 2. The van der Waals surface area contributed by atoms with Crippen LogP contribution < -0.4 is 5.32 Å². The molecule has 23 heavy (non-hydrogen) atoms. The molecule has 0 spiro atoms. The first-order chi connectivity index (χ1) is 11.1. The first kappa shape index (κ1) is 14.5. The number of para-hydroxylation sites is 1. The number of carboxylic acids is 1. The zero-order chi connectivity index (χ0) is 16.0. The molecular formula is C19H16BrNO2. The van der Waals surface area contributed by atoms with Gasteiger partial charge in [0.05, 0.1) is 17.3 Å². The third kappa shape index (κ3) is 2.38. The molecule has 1 aliphatic heterocycles. The van der Waals surface area contributed by atoms with Crippen molar-refractivity contribution in [3.63, 3.8) is 0 Å². The monoisotopic (exact) mass is 369 g/mol. The quantitative estimate of drug-likeness (QED) is 0.734. The van der Waals surface area contributed by atoms with Gasteiger partial charge in [0.25, 0.3) is 0 Å². The van der Waals surface area contributed by atoms with E-state index in [4.69, 9.17) is 0 Å². The highest BCUT2D eigenvalue weighted by molar-refractivity contribution is 9.10. The van der Waals surface area contributed by atoms with Gasteiger partial charge in [0.1, 0.15) is 0 Å². The highest BCUT2D eigenvalue weighted by atomic mass is 79.9. The van der Waals surface area contributed by atoms with Crippen molar-refractivity contribution >= 4 is 27.6 Å². The van der Waals surface area contributed by atoms with Gasteiger partial charge in [0.15, 0.2) is 0 Å². The van der Waals surface area contributed by atoms with Crippen LogP contribution in [-0.4, -0.2) is 11.1 Å². The third-order valence-corrected chi connectivity index (χ3v) is 5.38. The second-order valence-electron chi connectivity index (χ2n) is 6.10. The van der Waals surface area contributed by atoms with E-state index in [0.29, 0.717) is 11.5 Å². The van der Waals surface area contributed by atoms with Crippen LogP contribution in [0.4, 0.5) is 5.69 Å². The van der Waals surface area contributed by atoms with Crippen molar-refractivity contribution < 1.29 is 9.90 Å². The Kier molecular flexibility index (Phi) is 3.49. The number of carboxylic acid groups (broad SMARTS) is 1. The van der Waals surface area contributed by atoms with Gasteiger partial charge in [-0.3, -0.25) is 0 Å². The molecule has 0 saturated carbocycles. The molecule has 1 aliphatic carbocycles. The zero-order valence-electron chi connectivity index (χ0n) is 12.4. The number of anilines is 1. The summed E-state index contributed by atoms with van der Waals surface area (Å²) in [6.07, 6.45) is 5.45. The van der Waals surface area contributed by atoms with E-state index in [2.05, 4.69) is 45.5 Å². The van der Waals surface area contributed by atoms with E-state index in [1.54, 1.807) is 6.07 Å². The predicted octanol–water partition coefficient (Wildman–Crippen LogP) is 4.97. The molecule has 0 bridgehead atoms. The van der Waals surface area contributed by atoms with Crippen LogP contribution >= 0.6 is 15.9 Å². The molecule has 3 atom stereocenters. The number of halogens is 1. The van der Waals surface area contributed by atoms with Gasteiger partial charge >= 0.3 is 5.97 Å². The van der Waals surface area contributed by atoms with Crippen LogP contribution in [0.5, 0.6) is 0 Å². The number of nitrogens with one attached hydrogen (secondary N) is 1. The molecule has 1 heterocycles. The first-order valence-electron chi connectivity index (χ1n) is 7.70. The van der Waals surface area contributed by atoms with Crippen molar-refractivity contribution in [2.45, 2.75) is 18.4 Å². The smallest absolute Gasteiger partial charge is 0.337 e. The van der Waals surface area contributed by atoms with Crippen LogP contribution in [0, 0.1) is 5.92 Å². The summed E-state index contributed by atoms with van der Waals surface area (Å²) in [5.41, 5.74) is 3.40. The largest absolute Gasteiger partial charge is 0.478 e. The lowest BCUT2D eigenvalue weighted by atomic mass is 9.76. The second-order valence-corrected chi connectivity index (χ2v) is 7.02. The Morgan fingerprint density at radius 2 is 1.96 bits per heavy atom. The van der Waals surface area contributed by atoms with Crippen LogP contribution in [-0.2, 0) is 0 Å². The van der Waals surface area contributed by atoms with Crippen LogP contribution in [0.25, 0.3) is 0 Å². The van der Waals surface area contributed by atoms with Gasteiger partial charge in [-0.05, 0) is 41.7 Å². The Morgan fingerprint density at radius 1 is 1.17 bits per heavy atom. The van der Waals surface area contributed by atoms with E-state index in [1.165, 1.54) is 5.56 Å². The van der Waals surface area contributed by atoms with Crippen LogP contribution in [0.1, 0.15) is 39.9 Å². The van der Waals surface area contributed by atoms with Gasteiger partial charge in [-0.2, -0.15) is 0 Å². The number of fused-ring (bicyclic) bond motifs is 3. The number of aromatic carboxylic acids is 1. The fourth-order valence-electron chi connectivity index (χ4n) is 3.80. The van der Waals surface area contributed by atoms with E-state index in [1.807, 2.05) is 24.3 Å². The van der Waals surface area contributed by atoms with E-state index >= 15 is 0 Å². The lowest BCUT2D eigenvalue weighted by Gasteiger charge is -2.38. The topological polar surface area (TPSA) is 49.3 Å². The Hall–Kier alpha value is -2.07. The summed E-state index contributed by atoms with van der Waals surface area (Å²) in [5.74, 6) is -0.184. The summed E-state index contributed by atoms with van der Waals surface area (Å²) in [5, 5.41) is 13.0. The number of hydrogen-bond donors (Lipinski definition) is 2. The Morgan fingerprint density at radius 3 is 2.70 bits per heavy atom. The van der Waals surface area contributed by atoms with E-state index in [-0.39, 0.29) is 12.0 Å². The van der Waals surface area contributed by atoms with E-state index in [9.17, 15) is 9.90 Å². The van der Waals surface area contributed by atoms with Crippen molar-refractivity contribution in [2.24, 2.45) is 5.92 Å². The molecule has 0 unspecified atom stereocenters. The van der Waals surface area contributed by atoms with Crippen molar-refractivity contribution in [1.29, 1.82) is 0 Å². The standard InChI is InChI=1S/C19H16BrNO2/c20-12-9-7-11(8-10-12)17-14-4-1-3-13(14)15-5-2-6-16(19(22)23)18(15)21-17/h1-3,5-10,13-14,17,21H,4H2,(H,22,23)/t13-,14+,17+/m0/s1. The number of benzene rings is 2. The maximum absolute atomic E-state index is 11.6. The number of rotatable bonds is 2. The van der Waals surface area contributed by atoms with Crippen LogP contribution in [0.3, 0.4) is 0 Å². The maximum Gasteiger partial charge on any atom is 0.337 e. The van der Waals surface area contributed by atoms with Gasteiger partial charge in [-0.1, -0.05) is 52.3 Å². The van der Waals surface area contributed by atoms with Crippen molar-refractivity contribution in [3.05, 3.63) is 75.8 Å². The summed E-state index contributed by atoms with van der Waals surface area (Å²) in [4.78, 5) is 11.6. The molecule has 2 aromatic carbocycles. The molecule has 0 saturated heterocycles. The SMILES string of the molecule is O=C(O)c1cccc2c1N[C@H](c1ccc(Br)cc1)[C@@H]1CC=C[C@H]21. The van der Waals surface area contributed by atoms with E-state index < -0.39 is 5.97 Å². The van der Waals surface area contributed by atoms with Crippen LogP contribution in [0.2, 0.25) is 0 Å². The molecule has 3 nitrogen and oxygen atoms in total. The molecule has 0 radical (unpaired) electrons. The number of allylic oxidation sites excluding steroid dienone is 2. The van der Waals surface area contributed by atoms with Crippen LogP contribution in [0.15, 0.2) is 59.1 Å². The van der Waals surface area contributed by atoms with Gasteiger partial charge in [-0.25, -0.2) is 4.79 Å². The van der Waals surface area contributed by atoms with Crippen molar-refractivity contribution in [1.82, 2.24) is 0 Å². The third-order valence-electron chi connectivity index (χ3n) is 4.86. The molecule has 116 valence electrons. The molecule has 0 aromatic heterocycles. The molecule has 2 aromatic rings. The zero-order valence-corrected chi connectivity index (χ0v) is 14.0. The van der Waals surface area contributed by atoms with Crippen molar-refractivity contribution in [2.75, 3.05) is 5.32 Å². The molecule has 0 fully saturated rings. The fraction of sp³-hybridized carbons (Fsp3) is 0.211. The average molecular weight is 370 g/mol. The minimum Gasteiger partial charge on any atom is -0.478 e. The summed E-state index contributed by atoms with van der Waals surface area (Å²) < 4.78 is 1.05. The molecule has 0 amide bonds. The Balaban J connectivity index is 1.83. The number of carbonyl (C=O) groups is 1. The van der Waals surface area contributed by atoms with Gasteiger partial charge < -0.3 is 10.4 Å². The Labute approximate surface area is 143 Å². The average Bonchev–Trinajstić information content (AvgIpc) is 3.04. The second kappa shape index (κ2) is 5.53. The first-order valence-corrected chi connectivity index (χ1v) is 8.49. The predicted molar refractivity (Wildman–Crippen MR) is 93.9 cm³/mol. The minimum absolute atomic E-state index is 0.121. The lowest BCUT2D eigenvalue weighted by Crippen LogP contribution is -2.30. The van der Waals surface area contributed by atoms with Gasteiger partial charge in [0.2, 0.25) is 0 Å².